The van der Waals surface area contributed by atoms with Crippen LogP contribution >= 0.6 is 23.1 Å². The SMILES string of the molecule is CCNC(CSc1cccc(F)c1)c1csc(C)c1. The monoisotopic (exact) mass is 295 g/mol. The third-order valence-corrected chi connectivity index (χ3v) is 4.78. The van der Waals surface area contributed by atoms with Gasteiger partial charge in [0.25, 0.3) is 0 Å². The van der Waals surface area contributed by atoms with Gasteiger partial charge in [0.2, 0.25) is 0 Å². The molecule has 2 aromatic rings. The summed E-state index contributed by atoms with van der Waals surface area (Å²) in [5.41, 5.74) is 1.33. The van der Waals surface area contributed by atoms with E-state index in [9.17, 15) is 4.39 Å². The Kier molecular flexibility index (Phi) is 5.43. The molecule has 2 rings (SSSR count). The van der Waals surface area contributed by atoms with Crippen LogP contribution in [0.5, 0.6) is 0 Å². The van der Waals surface area contributed by atoms with E-state index in [1.54, 1.807) is 35.2 Å². The Bertz CT molecular complexity index is 524. The molecule has 0 saturated heterocycles. The largest absolute Gasteiger partial charge is 0.309 e. The lowest BCUT2D eigenvalue weighted by Crippen LogP contribution is -2.22. The summed E-state index contributed by atoms with van der Waals surface area (Å²) < 4.78 is 13.1. The number of rotatable bonds is 6. The van der Waals surface area contributed by atoms with Gasteiger partial charge >= 0.3 is 0 Å². The fraction of sp³-hybridized carbons (Fsp3) is 0.333. The standard InChI is InChI=1S/C15H18FNS2/c1-3-17-15(12-7-11(2)18-9-12)10-19-14-6-4-5-13(16)8-14/h4-9,15,17H,3,10H2,1-2H3. The second kappa shape index (κ2) is 7.08. The van der Waals surface area contributed by atoms with Gasteiger partial charge in [-0.15, -0.1) is 23.1 Å². The first-order chi connectivity index (χ1) is 9.19. The third-order valence-electron chi connectivity index (χ3n) is 2.82. The summed E-state index contributed by atoms with van der Waals surface area (Å²) in [6.07, 6.45) is 0. The Morgan fingerprint density at radius 2 is 2.21 bits per heavy atom. The van der Waals surface area contributed by atoms with Crippen LogP contribution in [0.1, 0.15) is 23.4 Å². The van der Waals surface area contributed by atoms with Crippen molar-refractivity contribution < 1.29 is 4.39 Å². The second-order valence-corrected chi connectivity index (χ2v) is 6.58. The molecular formula is C15H18FNS2. The number of halogens is 1. The first-order valence-electron chi connectivity index (χ1n) is 6.36. The van der Waals surface area contributed by atoms with E-state index in [-0.39, 0.29) is 5.82 Å². The summed E-state index contributed by atoms with van der Waals surface area (Å²) >= 11 is 3.46. The second-order valence-electron chi connectivity index (χ2n) is 4.37. The summed E-state index contributed by atoms with van der Waals surface area (Å²) in [6, 6.07) is 9.33. The van der Waals surface area contributed by atoms with Gasteiger partial charge in [0.05, 0.1) is 0 Å². The topological polar surface area (TPSA) is 12.0 Å². The average molecular weight is 295 g/mol. The van der Waals surface area contributed by atoms with Crippen LogP contribution < -0.4 is 5.32 Å². The Balaban J connectivity index is 2.01. The van der Waals surface area contributed by atoms with Crippen LogP contribution in [-0.4, -0.2) is 12.3 Å². The molecule has 0 amide bonds. The van der Waals surface area contributed by atoms with Crippen LogP contribution in [0.15, 0.2) is 40.6 Å². The molecule has 19 heavy (non-hydrogen) atoms. The first-order valence-corrected chi connectivity index (χ1v) is 8.22. The molecule has 0 radical (unpaired) electrons. The smallest absolute Gasteiger partial charge is 0.124 e. The van der Waals surface area contributed by atoms with Gasteiger partial charge < -0.3 is 5.32 Å². The Hall–Kier alpha value is -0.840. The van der Waals surface area contributed by atoms with Gasteiger partial charge in [0.15, 0.2) is 0 Å². The van der Waals surface area contributed by atoms with E-state index in [1.165, 1.54) is 16.5 Å². The maximum absolute atomic E-state index is 13.1. The van der Waals surface area contributed by atoms with Crippen molar-refractivity contribution in [3.05, 3.63) is 52.0 Å². The van der Waals surface area contributed by atoms with Crippen molar-refractivity contribution in [3.8, 4) is 0 Å². The van der Waals surface area contributed by atoms with Crippen molar-refractivity contribution in [2.24, 2.45) is 0 Å². The molecule has 102 valence electrons. The van der Waals surface area contributed by atoms with Gasteiger partial charge in [-0.1, -0.05) is 13.0 Å². The van der Waals surface area contributed by atoms with Gasteiger partial charge in [-0.2, -0.15) is 0 Å². The molecule has 0 spiro atoms. The van der Waals surface area contributed by atoms with Gasteiger partial charge in [-0.3, -0.25) is 0 Å². The van der Waals surface area contributed by atoms with Crippen molar-refractivity contribution in [1.29, 1.82) is 0 Å². The highest BCUT2D eigenvalue weighted by Gasteiger charge is 2.12. The van der Waals surface area contributed by atoms with Crippen molar-refractivity contribution in [2.45, 2.75) is 24.8 Å². The highest BCUT2D eigenvalue weighted by atomic mass is 32.2. The molecule has 1 unspecified atom stereocenters. The fourth-order valence-electron chi connectivity index (χ4n) is 1.90. The number of hydrogen-bond donors (Lipinski definition) is 1. The molecule has 0 saturated carbocycles. The molecule has 0 aliphatic rings. The van der Waals surface area contributed by atoms with E-state index in [0.29, 0.717) is 6.04 Å². The zero-order chi connectivity index (χ0) is 13.7. The van der Waals surface area contributed by atoms with Crippen LogP contribution in [0.2, 0.25) is 0 Å². The van der Waals surface area contributed by atoms with Gasteiger partial charge in [0, 0.05) is 21.6 Å². The summed E-state index contributed by atoms with van der Waals surface area (Å²) in [6.45, 7) is 5.17. The average Bonchev–Trinajstić information content (AvgIpc) is 2.81. The van der Waals surface area contributed by atoms with Crippen LogP contribution in [-0.2, 0) is 0 Å². The first kappa shape index (κ1) is 14.6. The minimum Gasteiger partial charge on any atom is -0.309 e. The molecule has 1 nitrogen and oxygen atoms in total. The van der Waals surface area contributed by atoms with E-state index in [0.717, 1.165) is 17.2 Å². The fourth-order valence-corrected chi connectivity index (χ4v) is 3.70. The molecule has 4 heteroatoms. The molecule has 0 aliphatic heterocycles. The molecule has 1 atom stereocenters. The minimum atomic E-state index is -0.170. The highest BCUT2D eigenvalue weighted by molar-refractivity contribution is 7.99. The Morgan fingerprint density at radius 1 is 1.37 bits per heavy atom. The van der Waals surface area contributed by atoms with Crippen LogP contribution in [0.25, 0.3) is 0 Å². The zero-order valence-electron chi connectivity index (χ0n) is 11.2. The summed E-state index contributed by atoms with van der Waals surface area (Å²) in [5, 5.41) is 5.69. The third kappa shape index (κ3) is 4.34. The zero-order valence-corrected chi connectivity index (χ0v) is 12.8. The Morgan fingerprint density at radius 3 is 2.84 bits per heavy atom. The summed E-state index contributed by atoms with van der Waals surface area (Å²) in [7, 11) is 0. The predicted molar refractivity (Wildman–Crippen MR) is 82.6 cm³/mol. The van der Waals surface area contributed by atoms with Crippen LogP contribution in [0, 0.1) is 12.7 Å². The van der Waals surface area contributed by atoms with E-state index in [4.69, 9.17) is 0 Å². The van der Waals surface area contributed by atoms with Crippen molar-refractivity contribution in [1.82, 2.24) is 5.32 Å². The predicted octanol–water partition coefficient (Wildman–Crippen LogP) is 4.64. The lowest BCUT2D eigenvalue weighted by molar-refractivity contribution is 0.607. The molecule has 0 fully saturated rings. The van der Waals surface area contributed by atoms with Gasteiger partial charge in [-0.25, -0.2) is 4.39 Å². The summed E-state index contributed by atoms with van der Waals surface area (Å²) in [4.78, 5) is 2.31. The number of thioether (sulfide) groups is 1. The van der Waals surface area contributed by atoms with Crippen LogP contribution in [0.4, 0.5) is 4.39 Å². The molecule has 0 aliphatic carbocycles. The van der Waals surface area contributed by atoms with Gasteiger partial charge in [0.1, 0.15) is 5.82 Å². The molecule has 1 heterocycles. The number of nitrogens with one attached hydrogen (secondary N) is 1. The molecule has 1 N–H and O–H groups in total. The van der Waals surface area contributed by atoms with E-state index in [1.807, 2.05) is 6.07 Å². The normalized spacial score (nSPS) is 12.6. The lowest BCUT2D eigenvalue weighted by Gasteiger charge is -2.16. The lowest BCUT2D eigenvalue weighted by atomic mass is 10.2. The Labute approximate surface area is 122 Å². The van der Waals surface area contributed by atoms with E-state index >= 15 is 0 Å². The van der Waals surface area contributed by atoms with Gasteiger partial charge in [-0.05, 0) is 48.7 Å². The number of hydrogen-bond acceptors (Lipinski definition) is 3. The van der Waals surface area contributed by atoms with Crippen LogP contribution in [0.3, 0.4) is 0 Å². The summed E-state index contributed by atoms with van der Waals surface area (Å²) in [5.74, 6) is 0.740. The number of aryl methyl sites for hydroxylation is 1. The number of benzene rings is 1. The quantitative estimate of drug-likeness (QED) is 0.779. The minimum absolute atomic E-state index is 0.170. The number of thiophene rings is 1. The highest BCUT2D eigenvalue weighted by Crippen LogP contribution is 2.27. The molecular weight excluding hydrogens is 277 g/mol. The van der Waals surface area contributed by atoms with E-state index in [2.05, 4.69) is 30.6 Å². The molecule has 1 aromatic carbocycles. The maximum atomic E-state index is 13.1. The van der Waals surface area contributed by atoms with Crippen molar-refractivity contribution >= 4 is 23.1 Å². The van der Waals surface area contributed by atoms with Crippen molar-refractivity contribution in [3.63, 3.8) is 0 Å². The van der Waals surface area contributed by atoms with E-state index < -0.39 is 0 Å². The van der Waals surface area contributed by atoms with Crippen molar-refractivity contribution in [2.75, 3.05) is 12.3 Å². The maximum Gasteiger partial charge on any atom is 0.124 e. The molecule has 0 bridgehead atoms. The molecule has 1 aromatic heterocycles.